The summed E-state index contributed by atoms with van der Waals surface area (Å²) in [5, 5.41) is 0. The van der Waals surface area contributed by atoms with Crippen LogP contribution in [0.4, 0.5) is 13.2 Å². The average molecular weight is 459 g/mol. The number of benzene rings is 2. The van der Waals surface area contributed by atoms with Gasteiger partial charge in [-0.3, -0.25) is 4.79 Å². The number of ether oxygens (including phenoxy) is 1. The van der Waals surface area contributed by atoms with E-state index in [-0.39, 0.29) is 17.4 Å². The highest BCUT2D eigenvalue weighted by Crippen LogP contribution is 2.46. The van der Waals surface area contributed by atoms with Crippen LogP contribution in [0, 0.1) is 0 Å². The van der Waals surface area contributed by atoms with Gasteiger partial charge in [-0.1, -0.05) is 64.1 Å². The molecule has 0 radical (unpaired) electrons. The van der Waals surface area contributed by atoms with Gasteiger partial charge in [-0.15, -0.1) is 0 Å². The second kappa shape index (κ2) is 9.36. The zero-order chi connectivity index (χ0) is 24.4. The Hall–Kier alpha value is -2.56. The van der Waals surface area contributed by atoms with Crippen LogP contribution in [0.15, 0.2) is 48.5 Å². The molecule has 0 saturated heterocycles. The minimum atomic E-state index is -4.42. The first-order valence-corrected chi connectivity index (χ1v) is 11.4. The largest absolute Gasteiger partial charge is 0.461 e. The van der Waals surface area contributed by atoms with Crippen LogP contribution in [0.5, 0.6) is 0 Å². The first-order chi connectivity index (χ1) is 15.3. The quantitative estimate of drug-likeness (QED) is 0.416. The Labute approximate surface area is 194 Å². The maximum absolute atomic E-state index is 13.2. The molecule has 2 nitrogen and oxygen atoms in total. The number of carbonyl (C=O) groups excluding carboxylic acids is 1. The summed E-state index contributed by atoms with van der Waals surface area (Å²) >= 11 is 0. The highest BCUT2D eigenvalue weighted by atomic mass is 19.4. The number of alkyl halides is 3. The maximum atomic E-state index is 13.2. The summed E-state index contributed by atoms with van der Waals surface area (Å²) in [5.74, 6) is -0.465. The van der Waals surface area contributed by atoms with Crippen molar-refractivity contribution in [3.8, 4) is 0 Å². The van der Waals surface area contributed by atoms with Crippen molar-refractivity contribution in [2.24, 2.45) is 0 Å². The normalized spacial score (nSPS) is 17.4. The molecule has 0 spiro atoms. The van der Waals surface area contributed by atoms with Crippen molar-refractivity contribution >= 4 is 11.5 Å². The van der Waals surface area contributed by atoms with Crippen LogP contribution in [0.3, 0.4) is 0 Å². The first-order valence-electron chi connectivity index (χ1n) is 11.4. The Bertz CT molecular complexity index is 1050. The molecule has 0 atom stereocenters. The topological polar surface area (TPSA) is 26.3 Å². The van der Waals surface area contributed by atoms with E-state index in [9.17, 15) is 18.0 Å². The minimum Gasteiger partial charge on any atom is -0.461 e. The highest BCUT2D eigenvalue weighted by Gasteiger charge is 2.36. The smallest absolute Gasteiger partial charge is 0.416 e. The summed E-state index contributed by atoms with van der Waals surface area (Å²) in [6.45, 7) is 10.4. The predicted octanol–water partition coefficient (Wildman–Crippen LogP) is 7.63. The SMILES string of the molecule is CC(=O)OC/C(=C\CCc1ccc2c(c1)C(C)(C)CCC2(C)C)c1cccc(C(F)(F)F)c1. The van der Waals surface area contributed by atoms with Gasteiger partial charge in [0.25, 0.3) is 0 Å². The number of aryl methyl sites for hydroxylation is 1. The first kappa shape index (κ1) is 25.1. The second-order valence-electron chi connectivity index (χ2n) is 10.3. The van der Waals surface area contributed by atoms with Gasteiger partial charge < -0.3 is 4.74 Å². The van der Waals surface area contributed by atoms with Crippen molar-refractivity contribution in [2.75, 3.05) is 6.61 Å². The molecular weight excluding hydrogens is 425 g/mol. The zero-order valence-electron chi connectivity index (χ0n) is 20.1. The lowest BCUT2D eigenvalue weighted by atomic mass is 9.63. The Morgan fingerprint density at radius 1 is 1.00 bits per heavy atom. The number of esters is 1. The van der Waals surface area contributed by atoms with E-state index in [4.69, 9.17) is 4.74 Å². The molecule has 1 aliphatic rings. The summed E-state index contributed by atoms with van der Waals surface area (Å²) in [5.41, 5.74) is 4.55. The van der Waals surface area contributed by atoms with Crippen molar-refractivity contribution in [2.45, 2.75) is 77.3 Å². The summed E-state index contributed by atoms with van der Waals surface area (Å²) in [6, 6.07) is 11.8. The standard InChI is InChI=1S/C28H33F3O2/c1-19(32)33-18-22(21-9-7-11-23(17-21)28(29,30)31)10-6-8-20-12-13-24-25(16-20)27(4,5)15-14-26(24,2)3/h7,9-13,16-17H,6,8,14-15,18H2,1-5H3/b22-10+. The third-order valence-corrected chi connectivity index (χ3v) is 6.73. The van der Waals surface area contributed by atoms with Gasteiger partial charge in [-0.25, -0.2) is 0 Å². The number of fused-ring (bicyclic) bond motifs is 1. The van der Waals surface area contributed by atoms with Crippen LogP contribution in [-0.2, 0) is 33.0 Å². The molecule has 0 aliphatic heterocycles. The van der Waals surface area contributed by atoms with E-state index in [2.05, 4.69) is 45.9 Å². The third-order valence-electron chi connectivity index (χ3n) is 6.73. The van der Waals surface area contributed by atoms with E-state index in [1.54, 1.807) is 6.07 Å². The Balaban J connectivity index is 1.84. The van der Waals surface area contributed by atoms with Crippen LogP contribution in [0.25, 0.3) is 5.57 Å². The molecule has 1 aliphatic carbocycles. The molecule has 3 rings (SSSR count). The van der Waals surface area contributed by atoms with Gasteiger partial charge in [0.15, 0.2) is 0 Å². The number of hydrogen-bond donors (Lipinski definition) is 0. The van der Waals surface area contributed by atoms with Gasteiger partial charge in [0.1, 0.15) is 6.61 Å². The number of halogens is 3. The third kappa shape index (κ3) is 6.07. The van der Waals surface area contributed by atoms with E-state index in [0.717, 1.165) is 31.4 Å². The second-order valence-corrected chi connectivity index (χ2v) is 10.3. The van der Waals surface area contributed by atoms with Gasteiger partial charge in [0.05, 0.1) is 5.56 Å². The fourth-order valence-corrected chi connectivity index (χ4v) is 4.54. The van der Waals surface area contributed by atoms with Gasteiger partial charge in [0, 0.05) is 6.92 Å². The van der Waals surface area contributed by atoms with Gasteiger partial charge >= 0.3 is 12.1 Å². The van der Waals surface area contributed by atoms with Crippen LogP contribution in [0.1, 0.15) is 81.7 Å². The molecule has 0 fully saturated rings. The lowest BCUT2D eigenvalue weighted by Crippen LogP contribution is -2.33. The molecule has 0 aromatic heterocycles. The monoisotopic (exact) mass is 458 g/mol. The fraction of sp³-hybridized carbons (Fsp3) is 0.464. The summed E-state index contributed by atoms with van der Waals surface area (Å²) < 4.78 is 44.6. The van der Waals surface area contributed by atoms with E-state index in [1.807, 2.05) is 6.08 Å². The van der Waals surface area contributed by atoms with Gasteiger partial charge in [0.2, 0.25) is 0 Å². The number of allylic oxidation sites excluding steroid dienone is 1. The molecule has 0 unspecified atom stereocenters. The molecule has 2 aromatic rings. The van der Waals surface area contributed by atoms with Crippen molar-refractivity contribution in [3.63, 3.8) is 0 Å². The van der Waals surface area contributed by atoms with Crippen molar-refractivity contribution in [1.29, 1.82) is 0 Å². The lowest BCUT2D eigenvalue weighted by Gasteiger charge is -2.42. The van der Waals surface area contributed by atoms with Crippen LogP contribution < -0.4 is 0 Å². The Morgan fingerprint density at radius 2 is 1.67 bits per heavy atom. The minimum absolute atomic E-state index is 0.0535. The molecule has 0 bridgehead atoms. The highest BCUT2D eigenvalue weighted by molar-refractivity contribution is 5.71. The van der Waals surface area contributed by atoms with Gasteiger partial charge in [-0.2, -0.15) is 13.2 Å². The summed E-state index contributed by atoms with van der Waals surface area (Å²) in [6.07, 6.45) is 1.14. The van der Waals surface area contributed by atoms with Crippen molar-refractivity contribution < 1.29 is 22.7 Å². The van der Waals surface area contributed by atoms with Crippen molar-refractivity contribution in [1.82, 2.24) is 0 Å². The van der Waals surface area contributed by atoms with Crippen molar-refractivity contribution in [3.05, 3.63) is 76.4 Å². The van der Waals surface area contributed by atoms with E-state index in [1.165, 1.54) is 29.7 Å². The van der Waals surface area contributed by atoms with E-state index in [0.29, 0.717) is 17.6 Å². The molecule has 178 valence electrons. The lowest BCUT2D eigenvalue weighted by molar-refractivity contribution is -0.140. The molecule has 5 heteroatoms. The number of hydrogen-bond acceptors (Lipinski definition) is 2. The Morgan fingerprint density at radius 3 is 2.30 bits per heavy atom. The predicted molar refractivity (Wildman–Crippen MR) is 126 cm³/mol. The van der Waals surface area contributed by atoms with E-state index >= 15 is 0 Å². The summed E-state index contributed by atoms with van der Waals surface area (Å²) in [7, 11) is 0. The number of carbonyl (C=O) groups is 1. The fourth-order valence-electron chi connectivity index (χ4n) is 4.54. The van der Waals surface area contributed by atoms with E-state index < -0.39 is 17.7 Å². The van der Waals surface area contributed by atoms with Crippen LogP contribution in [-0.4, -0.2) is 12.6 Å². The summed E-state index contributed by atoms with van der Waals surface area (Å²) in [4.78, 5) is 11.3. The molecule has 0 saturated carbocycles. The van der Waals surface area contributed by atoms with Crippen LogP contribution in [0.2, 0.25) is 0 Å². The molecule has 0 amide bonds. The average Bonchev–Trinajstić information content (AvgIpc) is 2.73. The zero-order valence-corrected chi connectivity index (χ0v) is 20.1. The molecule has 33 heavy (non-hydrogen) atoms. The molecular formula is C28H33F3O2. The van der Waals surface area contributed by atoms with Crippen LogP contribution >= 0.6 is 0 Å². The molecule has 0 N–H and O–H groups in total. The Kier molecular flexibility index (Phi) is 7.11. The maximum Gasteiger partial charge on any atom is 0.416 e. The number of rotatable bonds is 6. The molecule has 0 heterocycles. The van der Waals surface area contributed by atoms with Gasteiger partial charge in [-0.05, 0) is 76.5 Å². The molecule has 2 aromatic carbocycles.